The molecule has 2 amide bonds. The number of primary amides is 1. The van der Waals surface area contributed by atoms with Crippen LogP contribution in [0.15, 0.2) is 41.1 Å². The molecule has 2 aliphatic carbocycles. The highest BCUT2D eigenvalue weighted by atomic mass is 19.4. The van der Waals surface area contributed by atoms with Gasteiger partial charge in [-0.25, -0.2) is 4.98 Å². The van der Waals surface area contributed by atoms with Crippen LogP contribution in [0.3, 0.4) is 0 Å². The zero-order valence-corrected chi connectivity index (χ0v) is 18.5. The molecule has 35 heavy (non-hydrogen) atoms. The standard InChI is InChI=1S/C24H22F3N5O3/c25-24(26,27)18-11-17(18)22(34)30-19-10-13(7-8-29-19)12-5-6-15-14(9-12)3-1-2-4-16(15)21-31-23(20(28)33)35-32-21/h5-10,16-18H,1-4,11H2,(H2,28,33)(H,29,30,34)/t16-,17-,18-/m1/s1. The van der Waals surface area contributed by atoms with Crippen LogP contribution in [0, 0.1) is 11.8 Å². The number of fused-ring (bicyclic) bond motifs is 1. The quantitative estimate of drug-likeness (QED) is 0.522. The minimum Gasteiger partial charge on any atom is -0.361 e. The molecule has 3 N–H and O–H groups in total. The lowest BCUT2D eigenvalue weighted by Crippen LogP contribution is -2.20. The molecule has 0 aliphatic heterocycles. The molecule has 11 heteroatoms. The number of aromatic nitrogens is 3. The second-order valence-corrected chi connectivity index (χ2v) is 8.94. The maximum absolute atomic E-state index is 12.8. The monoisotopic (exact) mass is 485 g/mol. The molecule has 0 saturated heterocycles. The van der Waals surface area contributed by atoms with Gasteiger partial charge in [-0.3, -0.25) is 9.59 Å². The number of halogens is 3. The lowest BCUT2D eigenvalue weighted by Gasteiger charge is -2.16. The normalized spacial score (nSPS) is 21.6. The first-order chi connectivity index (χ1) is 16.7. The van der Waals surface area contributed by atoms with Crippen LogP contribution in [0.4, 0.5) is 19.0 Å². The molecule has 8 nitrogen and oxygen atoms in total. The third kappa shape index (κ3) is 4.75. The van der Waals surface area contributed by atoms with Crippen molar-refractivity contribution in [3.8, 4) is 11.1 Å². The number of rotatable bonds is 5. The summed E-state index contributed by atoms with van der Waals surface area (Å²) in [5.41, 5.74) is 9.04. The maximum atomic E-state index is 12.8. The number of benzene rings is 1. The lowest BCUT2D eigenvalue weighted by atomic mass is 9.90. The molecule has 0 spiro atoms. The van der Waals surface area contributed by atoms with Crippen molar-refractivity contribution in [1.82, 2.24) is 15.1 Å². The van der Waals surface area contributed by atoms with Crippen molar-refractivity contribution >= 4 is 17.6 Å². The van der Waals surface area contributed by atoms with E-state index in [1.54, 1.807) is 12.1 Å². The molecule has 2 heterocycles. The van der Waals surface area contributed by atoms with Crippen LogP contribution in [0.25, 0.3) is 11.1 Å². The third-order valence-electron chi connectivity index (χ3n) is 6.56. The smallest absolute Gasteiger partial charge is 0.361 e. The lowest BCUT2D eigenvalue weighted by molar-refractivity contribution is -0.153. The summed E-state index contributed by atoms with van der Waals surface area (Å²) in [4.78, 5) is 31.8. The fourth-order valence-electron chi connectivity index (χ4n) is 4.65. The average molecular weight is 485 g/mol. The van der Waals surface area contributed by atoms with Gasteiger partial charge in [0.05, 0.1) is 11.8 Å². The molecule has 3 atom stereocenters. The van der Waals surface area contributed by atoms with Gasteiger partial charge in [-0.1, -0.05) is 29.8 Å². The number of pyridine rings is 1. The highest BCUT2D eigenvalue weighted by molar-refractivity contribution is 5.94. The minimum atomic E-state index is -4.36. The van der Waals surface area contributed by atoms with Crippen LogP contribution in [-0.2, 0) is 11.2 Å². The highest BCUT2D eigenvalue weighted by Gasteiger charge is 2.58. The second kappa shape index (κ2) is 8.79. The Labute approximate surface area is 198 Å². The van der Waals surface area contributed by atoms with E-state index in [-0.39, 0.29) is 24.0 Å². The van der Waals surface area contributed by atoms with Crippen LogP contribution >= 0.6 is 0 Å². The third-order valence-corrected chi connectivity index (χ3v) is 6.56. The maximum Gasteiger partial charge on any atom is 0.392 e. The highest BCUT2D eigenvalue weighted by Crippen LogP contribution is 2.50. The molecule has 1 aromatic carbocycles. The SMILES string of the molecule is NC(=O)c1nc([C@@H]2CCCCc3cc(-c4ccnc(NC(=O)[C@@H]5C[C@H]5C(F)(F)F)c4)ccc32)no1. The van der Waals surface area contributed by atoms with E-state index in [1.807, 2.05) is 18.2 Å². The van der Waals surface area contributed by atoms with Crippen LogP contribution in [0.2, 0.25) is 0 Å². The Morgan fingerprint density at radius 1 is 1.11 bits per heavy atom. The van der Waals surface area contributed by atoms with E-state index < -0.39 is 29.8 Å². The number of anilines is 1. The summed E-state index contributed by atoms with van der Waals surface area (Å²) in [6, 6.07) is 9.38. The van der Waals surface area contributed by atoms with Gasteiger partial charge in [0.2, 0.25) is 5.91 Å². The summed E-state index contributed by atoms with van der Waals surface area (Å²) in [5.74, 6) is -3.82. The summed E-state index contributed by atoms with van der Waals surface area (Å²) < 4.78 is 43.3. The number of carbonyl (C=O) groups excluding carboxylic acids is 2. The van der Waals surface area contributed by atoms with Gasteiger partial charge in [-0.05, 0) is 60.1 Å². The van der Waals surface area contributed by atoms with Crippen molar-refractivity contribution in [2.75, 3.05) is 5.32 Å². The van der Waals surface area contributed by atoms with Gasteiger partial charge in [0.1, 0.15) is 5.82 Å². The van der Waals surface area contributed by atoms with Crippen LogP contribution in [0.5, 0.6) is 0 Å². The topological polar surface area (TPSA) is 124 Å². The minimum absolute atomic E-state index is 0.134. The van der Waals surface area contributed by atoms with E-state index in [4.69, 9.17) is 10.3 Å². The van der Waals surface area contributed by atoms with Gasteiger partial charge >= 0.3 is 18.0 Å². The number of nitrogens with zero attached hydrogens (tertiary/aromatic N) is 3. The summed E-state index contributed by atoms with van der Waals surface area (Å²) in [7, 11) is 0. The Morgan fingerprint density at radius 3 is 2.63 bits per heavy atom. The van der Waals surface area contributed by atoms with Crippen molar-refractivity contribution in [2.45, 2.75) is 44.2 Å². The van der Waals surface area contributed by atoms with Crippen LogP contribution in [0.1, 0.15) is 59.2 Å². The number of hydrogen-bond acceptors (Lipinski definition) is 6. The van der Waals surface area contributed by atoms with Gasteiger partial charge in [0.15, 0.2) is 5.82 Å². The Hall–Kier alpha value is -3.76. The van der Waals surface area contributed by atoms with E-state index in [1.165, 1.54) is 6.20 Å². The van der Waals surface area contributed by atoms with Gasteiger partial charge in [0.25, 0.3) is 0 Å². The Balaban J connectivity index is 1.37. The first-order valence-electron chi connectivity index (χ1n) is 11.3. The largest absolute Gasteiger partial charge is 0.392 e. The first-order valence-corrected chi connectivity index (χ1v) is 11.3. The summed E-state index contributed by atoms with van der Waals surface area (Å²) in [6.07, 6.45) is 0.513. The molecular formula is C24H22F3N5O3. The van der Waals surface area contributed by atoms with Crippen LogP contribution in [-0.4, -0.2) is 33.1 Å². The van der Waals surface area contributed by atoms with Crippen molar-refractivity contribution in [3.63, 3.8) is 0 Å². The van der Waals surface area contributed by atoms with Crippen molar-refractivity contribution in [1.29, 1.82) is 0 Å². The fourth-order valence-corrected chi connectivity index (χ4v) is 4.65. The van der Waals surface area contributed by atoms with Crippen molar-refractivity contribution in [3.05, 3.63) is 59.4 Å². The Bertz CT molecular complexity index is 1290. The van der Waals surface area contributed by atoms with E-state index in [0.29, 0.717) is 5.82 Å². The molecule has 2 aromatic heterocycles. The summed E-state index contributed by atoms with van der Waals surface area (Å²) in [5, 5.41) is 6.47. The summed E-state index contributed by atoms with van der Waals surface area (Å²) >= 11 is 0. The molecular weight excluding hydrogens is 463 g/mol. The molecule has 1 fully saturated rings. The zero-order valence-electron chi connectivity index (χ0n) is 18.5. The van der Waals surface area contributed by atoms with Crippen molar-refractivity contribution < 1.29 is 27.3 Å². The number of alkyl halides is 3. The molecule has 1 saturated carbocycles. The van der Waals surface area contributed by atoms with E-state index in [9.17, 15) is 22.8 Å². The molecule has 182 valence electrons. The number of nitrogens with one attached hydrogen (secondary N) is 1. The summed E-state index contributed by atoms with van der Waals surface area (Å²) in [6.45, 7) is 0. The fraction of sp³-hybridized carbons (Fsp3) is 0.375. The number of hydrogen-bond donors (Lipinski definition) is 2. The number of carbonyl (C=O) groups is 2. The van der Waals surface area contributed by atoms with Gasteiger partial charge < -0.3 is 15.6 Å². The van der Waals surface area contributed by atoms with Gasteiger partial charge in [-0.2, -0.15) is 18.2 Å². The molecule has 3 aromatic rings. The molecule has 0 bridgehead atoms. The van der Waals surface area contributed by atoms with Crippen molar-refractivity contribution in [2.24, 2.45) is 17.6 Å². The van der Waals surface area contributed by atoms with Crippen LogP contribution < -0.4 is 11.1 Å². The Kier molecular flexibility index (Phi) is 5.78. The molecule has 0 unspecified atom stereocenters. The molecule has 0 radical (unpaired) electrons. The predicted molar refractivity (Wildman–Crippen MR) is 118 cm³/mol. The average Bonchev–Trinajstić information content (AvgIpc) is 3.55. The Morgan fingerprint density at radius 2 is 1.91 bits per heavy atom. The number of aryl methyl sites for hydroxylation is 1. The van der Waals surface area contributed by atoms with E-state index in [0.717, 1.165) is 47.9 Å². The van der Waals surface area contributed by atoms with Gasteiger partial charge in [0, 0.05) is 12.1 Å². The van der Waals surface area contributed by atoms with E-state index in [2.05, 4.69) is 20.4 Å². The predicted octanol–water partition coefficient (Wildman–Crippen LogP) is 4.23. The first kappa shape index (κ1) is 23.0. The second-order valence-electron chi connectivity index (χ2n) is 8.94. The number of nitrogens with two attached hydrogens (primary N) is 1. The molecule has 5 rings (SSSR count). The zero-order chi connectivity index (χ0) is 24.7. The number of amides is 2. The van der Waals surface area contributed by atoms with E-state index >= 15 is 0 Å². The molecule has 2 aliphatic rings. The van der Waals surface area contributed by atoms with Gasteiger partial charge in [-0.15, -0.1) is 0 Å².